The number of aromatic nitrogens is 3. The van der Waals surface area contributed by atoms with Crippen molar-refractivity contribution in [3.8, 4) is 11.5 Å². The van der Waals surface area contributed by atoms with Crippen LogP contribution in [-0.4, -0.2) is 34.0 Å². The second kappa shape index (κ2) is 7.89. The van der Waals surface area contributed by atoms with Crippen molar-refractivity contribution in [2.75, 3.05) is 0 Å². The Morgan fingerprint density at radius 2 is 1.89 bits per heavy atom. The van der Waals surface area contributed by atoms with Crippen LogP contribution in [-0.2, 0) is 6.54 Å². The molecule has 1 aromatic carbocycles. The molecule has 2 aromatic heterocycles. The van der Waals surface area contributed by atoms with E-state index in [0.29, 0.717) is 5.52 Å². The molecule has 0 saturated carbocycles. The Bertz CT molecular complexity index is 948. The number of fused-ring (bicyclic) bond motifs is 1. The van der Waals surface area contributed by atoms with Gasteiger partial charge in [-0.05, 0) is 24.3 Å². The summed E-state index contributed by atoms with van der Waals surface area (Å²) in [5, 5.41) is 10.4. The van der Waals surface area contributed by atoms with Crippen molar-refractivity contribution in [3.63, 3.8) is 0 Å². The van der Waals surface area contributed by atoms with Crippen molar-refractivity contribution in [2.45, 2.75) is 19.8 Å². The highest BCUT2D eigenvalue weighted by atomic mass is 19.3. The standard InChI is InChI=1S/C16H12F4N4O3/c17-15(18)26-10-4-3-9(13(6-10)27-16(19)20)7-21-14(25)11-8-23-24-12(11)2-1-5-22-24/h1-6,8,15-16H,7H2,(H,21,25). The minimum Gasteiger partial charge on any atom is -0.435 e. The minimum atomic E-state index is -3.17. The summed E-state index contributed by atoms with van der Waals surface area (Å²) in [6, 6.07) is 6.57. The van der Waals surface area contributed by atoms with Gasteiger partial charge >= 0.3 is 13.2 Å². The second-order valence-electron chi connectivity index (χ2n) is 5.17. The molecule has 1 amide bonds. The van der Waals surface area contributed by atoms with Gasteiger partial charge in [-0.15, -0.1) is 0 Å². The van der Waals surface area contributed by atoms with E-state index in [0.717, 1.165) is 12.1 Å². The molecule has 0 aliphatic rings. The molecule has 0 atom stereocenters. The van der Waals surface area contributed by atoms with E-state index in [4.69, 9.17) is 0 Å². The maximum absolute atomic E-state index is 12.6. The molecule has 3 aromatic rings. The first kappa shape index (κ1) is 18.4. The molecule has 0 radical (unpaired) electrons. The molecule has 1 N–H and O–H groups in total. The molecule has 0 spiro atoms. The van der Waals surface area contributed by atoms with Crippen LogP contribution in [0.3, 0.4) is 0 Å². The van der Waals surface area contributed by atoms with Crippen LogP contribution >= 0.6 is 0 Å². The van der Waals surface area contributed by atoms with Crippen LogP contribution in [0.2, 0.25) is 0 Å². The first-order valence-electron chi connectivity index (χ1n) is 7.54. The van der Waals surface area contributed by atoms with Crippen molar-refractivity contribution in [1.82, 2.24) is 20.1 Å². The van der Waals surface area contributed by atoms with Crippen molar-refractivity contribution in [1.29, 1.82) is 0 Å². The number of rotatable bonds is 7. The third-order valence-corrected chi connectivity index (χ3v) is 3.47. The SMILES string of the molecule is O=C(NCc1ccc(OC(F)F)cc1OC(F)F)c1cnn2ncccc12. The Morgan fingerprint density at radius 1 is 1.11 bits per heavy atom. The Hall–Kier alpha value is -3.37. The molecule has 11 heteroatoms. The van der Waals surface area contributed by atoms with Gasteiger partial charge in [0, 0.05) is 24.4 Å². The summed E-state index contributed by atoms with van der Waals surface area (Å²) in [6.45, 7) is -6.47. The number of hydrogen-bond acceptors (Lipinski definition) is 5. The number of carbonyl (C=O) groups is 1. The number of carbonyl (C=O) groups excluding carboxylic acids is 1. The van der Waals surface area contributed by atoms with Crippen LogP contribution in [0, 0.1) is 0 Å². The summed E-state index contributed by atoms with van der Waals surface area (Å²) in [6.07, 6.45) is 2.81. The van der Waals surface area contributed by atoms with E-state index in [1.165, 1.54) is 23.1 Å². The van der Waals surface area contributed by atoms with E-state index >= 15 is 0 Å². The molecule has 0 aliphatic carbocycles. The van der Waals surface area contributed by atoms with E-state index in [9.17, 15) is 22.4 Å². The zero-order valence-electron chi connectivity index (χ0n) is 13.5. The van der Waals surface area contributed by atoms with E-state index in [1.807, 2.05) is 0 Å². The Kier molecular flexibility index (Phi) is 5.38. The fourth-order valence-electron chi connectivity index (χ4n) is 2.34. The average Bonchev–Trinajstić information content (AvgIpc) is 3.04. The van der Waals surface area contributed by atoms with Crippen molar-refractivity contribution in [2.24, 2.45) is 0 Å². The lowest BCUT2D eigenvalue weighted by Gasteiger charge is -2.13. The molecular weight excluding hydrogens is 372 g/mol. The molecule has 142 valence electrons. The Labute approximate surface area is 149 Å². The van der Waals surface area contributed by atoms with Crippen molar-refractivity contribution in [3.05, 3.63) is 53.9 Å². The predicted molar refractivity (Wildman–Crippen MR) is 83.9 cm³/mol. The number of benzene rings is 1. The molecular formula is C16H12F4N4O3. The zero-order chi connectivity index (χ0) is 19.4. The fraction of sp³-hybridized carbons (Fsp3) is 0.188. The van der Waals surface area contributed by atoms with Gasteiger partial charge < -0.3 is 14.8 Å². The largest absolute Gasteiger partial charge is 0.435 e. The molecule has 0 bridgehead atoms. The van der Waals surface area contributed by atoms with Crippen molar-refractivity contribution >= 4 is 11.4 Å². The van der Waals surface area contributed by atoms with E-state index < -0.39 is 19.1 Å². The highest BCUT2D eigenvalue weighted by molar-refractivity contribution is 6.00. The zero-order valence-corrected chi connectivity index (χ0v) is 13.5. The molecule has 27 heavy (non-hydrogen) atoms. The molecule has 0 fully saturated rings. The van der Waals surface area contributed by atoms with Gasteiger partial charge in [-0.3, -0.25) is 4.79 Å². The number of nitrogens with one attached hydrogen (secondary N) is 1. The molecule has 0 aliphatic heterocycles. The van der Waals surface area contributed by atoms with Crippen molar-refractivity contribution < 1.29 is 31.8 Å². The van der Waals surface area contributed by atoms with Gasteiger partial charge in [-0.2, -0.15) is 32.4 Å². The van der Waals surface area contributed by atoms with E-state index in [1.54, 1.807) is 12.1 Å². The number of hydrogen-bond donors (Lipinski definition) is 1. The van der Waals surface area contributed by atoms with Gasteiger partial charge in [-0.1, -0.05) is 0 Å². The molecule has 0 unspecified atom stereocenters. The molecule has 2 heterocycles. The Morgan fingerprint density at radius 3 is 2.63 bits per heavy atom. The van der Waals surface area contributed by atoms with E-state index in [-0.39, 0.29) is 29.2 Å². The smallest absolute Gasteiger partial charge is 0.387 e. The van der Waals surface area contributed by atoms with Crippen LogP contribution in [0.5, 0.6) is 11.5 Å². The van der Waals surface area contributed by atoms with E-state index in [2.05, 4.69) is 25.0 Å². The number of alkyl halides is 4. The quantitative estimate of drug-likeness (QED) is 0.634. The maximum atomic E-state index is 12.6. The highest BCUT2D eigenvalue weighted by Gasteiger charge is 2.16. The average molecular weight is 384 g/mol. The Balaban J connectivity index is 1.77. The van der Waals surface area contributed by atoms with Gasteiger partial charge in [-0.25, -0.2) is 0 Å². The maximum Gasteiger partial charge on any atom is 0.387 e. The lowest BCUT2D eigenvalue weighted by Crippen LogP contribution is -2.23. The van der Waals surface area contributed by atoms with Gasteiger partial charge in [0.05, 0.1) is 11.8 Å². The summed E-state index contributed by atoms with van der Waals surface area (Å²) in [4.78, 5) is 12.3. The predicted octanol–water partition coefficient (Wildman–Crippen LogP) is 2.86. The monoisotopic (exact) mass is 384 g/mol. The summed E-state index contributed by atoms with van der Waals surface area (Å²) >= 11 is 0. The molecule has 0 saturated heterocycles. The lowest BCUT2D eigenvalue weighted by atomic mass is 10.1. The first-order chi connectivity index (χ1) is 12.9. The normalized spacial score (nSPS) is 11.2. The number of ether oxygens (including phenoxy) is 2. The molecule has 7 nitrogen and oxygen atoms in total. The fourth-order valence-corrected chi connectivity index (χ4v) is 2.34. The van der Waals surface area contributed by atoms with Crippen LogP contribution in [0.1, 0.15) is 15.9 Å². The van der Waals surface area contributed by atoms with Gasteiger partial charge in [0.15, 0.2) is 0 Å². The number of nitrogens with zero attached hydrogens (tertiary/aromatic N) is 3. The van der Waals surface area contributed by atoms with Gasteiger partial charge in [0.2, 0.25) is 0 Å². The molecule has 3 rings (SSSR count). The second-order valence-corrected chi connectivity index (χ2v) is 5.17. The minimum absolute atomic E-state index is 0.153. The lowest BCUT2D eigenvalue weighted by molar-refractivity contribution is -0.0546. The number of amides is 1. The highest BCUT2D eigenvalue weighted by Crippen LogP contribution is 2.27. The van der Waals surface area contributed by atoms with Crippen LogP contribution in [0.4, 0.5) is 17.6 Å². The summed E-state index contributed by atoms with van der Waals surface area (Å²) < 4.78 is 59.4. The first-order valence-corrected chi connectivity index (χ1v) is 7.54. The number of halogens is 4. The van der Waals surface area contributed by atoms with Crippen LogP contribution < -0.4 is 14.8 Å². The van der Waals surface area contributed by atoms with Crippen LogP contribution in [0.25, 0.3) is 5.52 Å². The third kappa shape index (κ3) is 4.43. The topological polar surface area (TPSA) is 77.8 Å². The summed E-state index contributed by atoms with van der Waals surface area (Å²) in [5.41, 5.74) is 0.844. The van der Waals surface area contributed by atoms with Gasteiger partial charge in [0.1, 0.15) is 17.0 Å². The van der Waals surface area contributed by atoms with Gasteiger partial charge in [0.25, 0.3) is 5.91 Å². The van der Waals surface area contributed by atoms with Crippen LogP contribution in [0.15, 0.2) is 42.7 Å². The third-order valence-electron chi connectivity index (χ3n) is 3.47. The summed E-state index contributed by atoms with van der Waals surface area (Å²) in [7, 11) is 0. The summed E-state index contributed by atoms with van der Waals surface area (Å²) in [5.74, 6) is -1.25.